The summed E-state index contributed by atoms with van der Waals surface area (Å²) in [4.78, 5) is 17.2. The minimum atomic E-state index is -0.141. The second kappa shape index (κ2) is 20.6. The second-order valence-electron chi connectivity index (χ2n) is 11.7. The van der Waals surface area contributed by atoms with E-state index in [1.807, 2.05) is 53.7 Å². The molecular formula is C38H58N2O3. The monoisotopic (exact) mass is 590 g/mol. The number of pyridine rings is 1. The van der Waals surface area contributed by atoms with Crippen LogP contribution in [0.25, 0.3) is 5.57 Å². The van der Waals surface area contributed by atoms with E-state index in [0.29, 0.717) is 35.6 Å². The molecule has 0 unspecified atom stereocenters. The Bertz CT molecular complexity index is 1210. The number of methoxy groups -OCH3 is 1. The summed E-state index contributed by atoms with van der Waals surface area (Å²) >= 11 is 0. The fourth-order valence-corrected chi connectivity index (χ4v) is 4.99. The molecule has 0 radical (unpaired) electrons. The molecule has 43 heavy (non-hydrogen) atoms. The molecule has 0 aliphatic heterocycles. The lowest BCUT2D eigenvalue weighted by molar-refractivity contribution is 0.104. The van der Waals surface area contributed by atoms with Gasteiger partial charge in [0.05, 0.1) is 17.9 Å². The van der Waals surface area contributed by atoms with Crippen LogP contribution in [0.5, 0.6) is 5.88 Å². The first kappa shape index (κ1) is 39.8. The van der Waals surface area contributed by atoms with Gasteiger partial charge in [0.15, 0.2) is 5.78 Å². The van der Waals surface area contributed by atoms with Gasteiger partial charge in [-0.2, -0.15) is 5.26 Å². The number of ketones is 1. The van der Waals surface area contributed by atoms with Gasteiger partial charge >= 0.3 is 0 Å². The van der Waals surface area contributed by atoms with Crippen LogP contribution in [-0.4, -0.2) is 31.6 Å². The van der Waals surface area contributed by atoms with Gasteiger partial charge < -0.3 is 9.47 Å². The molecule has 0 amide bonds. The van der Waals surface area contributed by atoms with Gasteiger partial charge in [-0.15, -0.1) is 0 Å². The number of benzene rings is 1. The quantitative estimate of drug-likeness (QED) is 0.203. The van der Waals surface area contributed by atoms with E-state index in [-0.39, 0.29) is 11.2 Å². The molecule has 5 nitrogen and oxygen atoms in total. The summed E-state index contributed by atoms with van der Waals surface area (Å²) in [6.07, 6.45) is 9.10. The Morgan fingerprint density at radius 2 is 1.70 bits per heavy atom. The summed E-state index contributed by atoms with van der Waals surface area (Å²) in [5, 5.41) is 10.3. The summed E-state index contributed by atoms with van der Waals surface area (Å²) in [6, 6.07) is 7.99. The summed E-state index contributed by atoms with van der Waals surface area (Å²) in [5.41, 5.74) is 6.08. The van der Waals surface area contributed by atoms with Crippen molar-refractivity contribution in [1.29, 1.82) is 5.26 Å². The molecule has 238 valence electrons. The molecule has 0 atom stereocenters. The van der Waals surface area contributed by atoms with Crippen molar-refractivity contribution < 1.29 is 14.3 Å². The number of carbonyl (C=O) groups excluding carboxylic acids is 1. The fraction of sp³-hybridized carbons (Fsp3) is 0.553. The van der Waals surface area contributed by atoms with E-state index in [9.17, 15) is 10.1 Å². The molecule has 1 aromatic carbocycles. The average molecular weight is 591 g/mol. The van der Waals surface area contributed by atoms with Gasteiger partial charge in [0.2, 0.25) is 5.88 Å². The van der Waals surface area contributed by atoms with E-state index in [4.69, 9.17) is 9.72 Å². The summed E-state index contributed by atoms with van der Waals surface area (Å²) in [6.45, 7) is 27.2. The third kappa shape index (κ3) is 12.5. The first-order valence-corrected chi connectivity index (χ1v) is 15.9. The van der Waals surface area contributed by atoms with Crippen LogP contribution in [0.3, 0.4) is 0 Å². The number of ether oxygens (including phenoxy) is 2. The van der Waals surface area contributed by atoms with Crippen molar-refractivity contribution in [3.63, 3.8) is 0 Å². The number of hydrogen-bond acceptors (Lipinski definition) is 5. The normalized spacial score (nSPS) is 12.3. The zero-order valence-corrected chi connectivity index (χ0v) is 29.1. The van der Waals surface area contributed by atoms with Crippen molar-refractivity contribution in [2.75, 3.05) is 20.8 Å². The molecule has 0 N–H and O–H groups in total. The van der Waals surface area contributed by atoms with Gasteiger partial charge in [-0.3, -0.25) is 4.79 Å². The number of hydrogen-bond donors (Lipinski definition) is 0. The van der Waals surface area contributed by atoms with Crippen LogP contribution in [0.2, 0.25) is 0 Å². The molecule has 1 fully saturated rings. The minimum absolute atomic E-state index is 0.107. The van der Waals surface area contributed by atoms with E-state index >= 15 is 0 Å². The van der Waals surface area contributed by atoms with E-state index in [1.165, 1.54) is 31.8 Å². The number of aryl methyl sites for hydroxylation is 2. The zero-order chi connectivity index (χ0) is 33.2. The molecule has 1 aromatic heterocycles. The summed E-state index contributed by atoms with van der Waals surface area (Å²) < 4.78 is 10.5. The highest BCUT2D eigenvalue weighted by atomic mass is 16.5. The topological polar surface area (TPSA) is 72.2 Å². The molecule has 0 spiro atoms. The van der Waals surface area contributed by atoms with Crippen LogP contribution < -0.4 is 4.74 Å². The lowest BCUT2D eigenvalue weighted by Gasteiger charge is -2.22. The summed E-state index contributed by atoms with van der Waals surface area (Å²) in [7, 11) is 3.25. The molecule has 1 heterocycles. The van der Waals surface area contributed by atoms with Gasteiger partial charge in [-0.05, 0) is 73.3 Å². The standard InChI is InChI=1S/C32H40N2O2.C2H6O.2C2H6/c1-8-29(35)25-14-13-21(2)26(19-25)22(3)30-23(4)31(36-18-16-24-11-9-10-12-24)34-28(27(30)20-33)15-17-32(5,6)7;1-3-2;2*1-2/h8,13-14,19,24H,1,3,9-12,15-18H2,2,4-7H3;1-2H3;2*1-2H3. The molecule has 1 saturated carbocycles. The molecule has 2 aromatic rings. The largest absolute Gasteiger partial charge is 0.477 e. The summed E-state index contributed by atoms with van der Waals surface area (Å²) in [5.74, 6) is 1.17. The van der Waals surface area contributed by atoms with Crippen molar-refractivity contribution in [2.45, 2.75) is 107 Å². The predicted octanol–water partition coefficient (Wildman–Crippen LogP) is 10.3. The van der Waals surface area contributed by atoms with Gasteiger partial charge in [-0.1, -0.05) is 99.4 Å². The van der Waals surface area contributed by atoms with Crippen LogP contribution in [-0.2, 0) is 11.2 Å². The zero-order valence-electron chi connectivity index (χ0n) is 29.1. The van der Waals surface area contributed by atoms with Crippen LogP contribution in [0, 0.1) is 36.5 Å². The average Bonchev–Trinajstić information content (AvgIpc) is 3.52. The molecule has 0 bridgehead atoms. The maximum absolute atomic E-state index is 12.3. The lowest BCUT2D eigenvalue weighted by atomic mass is 9.85. The van der Waals surface area contributed by atoms with Gasteiger partial charge in [0.25, 0.3) is 0 Å². The Hall–Kier alpha value is -3.23. The van der Waals surface area contributed by atoms with Crippen molar-refractivity contribution in [2.24, 2.45) is 11.3 Å². The number of rotatable bonds is 10. The first-order valence-electron chi connectivity index (χ1n) is 15.9. The van der Waals surface area contributed by atoms with Crippen LogP contribution >= 0.6 is 0 Å². The van der Waals surface area contributed by atoms with Gasteiger partial charge in [-0.25, -0.2) is 4.98 Å². The van der Waals surface area contributed by atoms with Crippen molar-refractivity contribution in [1.82, 2.24) is 4.98 Å². The molecule has 0 saturated heterocycles. The highest BCUT2D eigenvalue weighted by Crippen LogP contribution is 2.36. The SMILES string of the molecule is C=CC(=O)c1ccc(C)c(C(=C)c2c(C)c(OCCC3CCCC3)nc(CCC(C)(C)C)c2C#N)c1.CC.CC.COC. The molecule has 5 heteroatoms. The lowest BCUT2D eigenvalue weighted by Crippen LogP contribution is -2.13. The van der Waals surface area contributed by atoms with Crippen LogP contribution in [0.1, 0.15) is 131 Å². The maximum atomic E-state index is 12.3. The number of nitrogens with zero attached hydrogens (tertiary/aromatic N) is 2. The van der Waals surface area contributed by atoms with E-state index < -0.39 is 0 Å². The Labute approximate surface area is 263 Å². The predicted molar refractivity (Wildman–Crippen MR) is 183 cm³/mol. The van der Waals surface area contributed by atoms with Gasteiger partial charge in [0.1, 0.15) is 6.07 Å². The second-order valence-corrected chi connectivity index (χ2v) is 11.7. The number of allylic oxidation sites excluding steroid dienone is 1. The molecule has 1 aliphatic carbocycles. The highest BCUT2D eigenvalue weighted by molar-refractivity contribution is 6.05. The number of nitriles is 1. The number of carbonyl (C=O) groups is 1. The van der Waals surface area contributed by atoms with Crippen LogP contribution in [0.15, 0.2) is 37.4 Å². The van der Waals surface area contributed by atoms with E-state index in [1.54, 1.807) is 20.3 Å². The maximum Gasteiger partial charge on any atom is 0.217 e. The number of aromatic nitrogens is 1. The van der Waals surface area contributed by atoms with E-state index in [2.05, 4.69) is 44.7 Å². The molecule has 1 aliphatic rings. The van der Waals surface area contributed by atoms with Crippen molar-refractivity contribution in [3.8, 4) is 11.9 Å². The fourth-order valence-electron chi connectivity index (χ4n) is 4.99. The first-order chi connectivity index (χ1) is 20.5. The molecular weight excluding hydrogens is 532 g/mol. The Kier molecular flexibility index (Phi) is 19.1. The Balaban J connectivity index is 0.00000232. The minimum Gasteiger partial charge on any atom is -0.477 e. The third-order valence-electron chi connectivity index (χ3n) is 7.27. The van der Waals surface area contributed by atoms with Crippen molar-refractivity contribution >= 4 is 11.4 Å². The highest BCUT2D eigenvalue weighted by Gasteiger charge is 2.24. The Morgan fingerprint density at radius 3 is 2.21 bits per heavy atom. The molecule has 3 rings (SSSR count). The van der Waals surface area contributed by atoms with E-state index in [0.717, 1.165) is 46.7 Å². The smallest absolute Gasteiger partial charge is 0.217 e. The van der Waals surface area contributed by atoms with Crippen LogP contribution in [0.4, 0.5) is 0 Å². The third-order valence-corrected chi connectivity index (χ3v) is 7.27. The Morgan fingerprint density at radius 1 is 1.12 bits per heavy atom. The van der Waals surface area contributed by atoms with Gasteiger partial charge in [0, 0.05) is 30.9 Å². The van der Waals surface area contributed by atoms with Crippen molar-refractivity contribution in [3.05, 3.63) is 76.5 Å².